The molecule has 4 heteroatoms. The van der Waals surface area contributed by atoms with E-state index in [0.717, 1.165) is 11.1 Å². The van der Waals surface area contributed by atoms with Crippen LogP contribution in [0.25, 0.3) is 6.08 Å². The van der Waals surface area contributed by atoms with Crippen LogP contribution in [0, 0.1) is 0 Å². The average Bonchev–Trinajstić information content (AvgIpc) is 2.72. The number of amides is 1. The number of carbonyl (C=O) groups is 2. The third-order valence-corrected chi connectivity index (χ3v) is 2.69. The highest BCUT2D eigenvalue weighted by Crippen LogP contribution is 2.21. The van der Waals surface area contributed by atoms with Crippen molar-refractivity contribution in [3.63, 3.8) is 0 Å². The van der Waals surface area contributed by atoms with Gasteiger partial charge >= 0.3 is 5.97 Å². The molecule has 1 aromatic rings. The standard InChI is InChI=1S/C13H13NO3/c1-17-12(15)7-3-5-9-4-2-6-10-11(9)8-14-13(10)16/h2-6H,7-8H2,1H3,(H,14,16). The molecule has 0 fully saturated rings. The molecular formula is C13H13NO3. The Morgan fingerprint density at radius 1 is 1.53 bits per heavy atom. The Balaban J connectivity index is 2.18. The van der Waals surface area contributed by atoms with Gasteiger partial charge in [0.2, 0.25) is 0 Å². The molecule has 0 radical (unpaired) electrons. The zero-order chi connectivity index (χ0) is 12.3. The lowest BCUT2D eigenvalue weighted by atomic mass is 10.0. The Morgan fingerprint density at radius 2 is 2.35 bits per heavy atom. The van der Waals surface area contributed by atoms with Crippen molar-refractivity contribution in [3.05, 3.63) is 41.0 Å². The first-order valence-corrected chi connectivity index (χ1v) is 5.36. The summed E-state index contributed by atoms with van der Waals surface area (Å²) in [6.45, 7) is 0.549. The molecule has 1 N–H and O–H groups in total. The zero-order valence-corrected chi connectivity index (χ0v) is 9.53. The molecule has 2 rings (SSSR count). The van der Waals surface area contributed by atoms with Crippen molar-refractivity contribution < 1.29 is 14.3 Å². The molecule has 0 saturated carbocycles. The van der Waals surface area contributed by atoms with Crippen LogP contribution in [0.15, 0.2) is 24.3 Å². The van der Waals surface area contributed by atoms with Crippen molar-refractivity contribution in [2.24, 2.45) is 0 Å². The Kier molecular flexibility index (Phi) is 3.23. The molecule has 88 valence electrons. The molecule has 0 saturated heterocycles. The number of fused-ring (bicyclic) bond motifs is 1. The van der Waals surface area contributed by atoms with Crippen molar-refractivity contribution in [2.45, 2.75) is 13.0 Å². The minimum Gasteiger partial charge on any atom is -0.469 e. The van der Waals surface area contributed by atoms with Gasteiger partial charge in [-0.15, -0.1) is 0 Å². The molecule has 1 aromatic carbocycles. The lowest BCUT2D eigenvalue weighted by Crippen LogP contribution is -2.12. The molecule has 17 heavy (non-hydrogen) atoms. The number of nitrogens with one attached hydrogen (secondary N) is 1. The Morgan fingerprint density at radius 3 is 3.12 bits per heavy atom. The highest BCUT2D eigenvalue weighted by atomic mass is 16.5. The summed E-state index contributed by atoms with van der Waals surface area (Å²) in [6, 6.07) is 5.56. The third kappa shape index (κ3) is 2.36. The predicted molar refractivity (Wildman–Crippen MR) is 63.3 cm³/mol. The highest BCUT2D eigenvalue weighted by molar-refractivity contribution is 5.99. The van der Waals surface area contributed by atoms with E-state index in [4.69, 9.17) is 0 Å². The average molecular weight is 231 g/mol. The fraction of sp³-hybridized carbons (Fsp3) is 0.231. The summed E-state index contributed by atoms with van der Waals surface area (Å²) >= 11 is 0. The summed E-state index contributed by atoms with van der Waals surface area (Å²) in [5.41, 5.74) is 2.66. The fourth-order valence-corrected chi connectivity index (χ4v) is 1.80. The summed E-state index contributed by atoms with van der Waals surface area (Å²) in [5.74, 6) is -0.314. The number of hydrogen-bond acceptors (Lipinski definition) is 3. The molecule has 0 aliphatic carbocycles. The van der Waals surface area contributed by atoms with Crippen LogP contribution in [0.1, 0.15) is 27.9 Å². The van der Waals surface area contributed by atoms with E-state index in [1.165, 1.54) is 7.11 Å². The number of benzene rings is 1. The van der Waals surface area contributed by atoms with E-state index in [9.17, 15) is 9.59 Å². The van der Waals surface area contributed by atoms with E-state index in [1.54, 1.807) is 12.1 Å². The van der Waals surface area contributed by atoms with Gasteiger partial charge in [0.15, 0.2) is 0 Å². The van der Waals surface area contributed by atoms with Gasteiger partial charge in [0.25, 0.3) is 5.91 Å². The first-order chi connectivity index (χ1) is 8.22. The van der Waals surface area contributed by atoms with Crippen molar-refractivity contribution in [3.8, 4) is 0 Å². The second kappa shape index (κ2) is 4.82. The molecule has 1 amide bonds. The largest absolute Gasteiger partial charge is 0.469 e. The lowest BCUT2D eigenvalue weighted by molar-refractivity contribution is -0.139. The molecule has 0 unspecified atom stereocenters. The van der Waals surface area contributed by atoms with Crippen molar-refractivity contribution in [2.75, 3.05) is 7.11 Å². The van der Waals surface area contributed by atoms with Crippen LogP contribution >= 0.6 is 0 Å². The topological polar surface area (TPSA) is 55.4 Å². The van der Waals surface area contributed by atoms with E-state index in [0.29, 0.717) is 12.1 Å². The number of rotatable bonds is 3. The van der Waals surface area contributed by atoms with E-state index < -0.39 is 0 Å². The molecule has 1 aliphatic rings. The predicted octanol–water partition coefficient (Wildman–Crippen LogP) is 1.51. The first-order valence-electron chi connectivity index (χ1n) is 5.36. The van der Waals surface area contributed by atoms with Gasteiger partial charge in [0.1, 0.15) is 0 Å². The monoisotopic (exact) mass is 231 g/mol. The molecule has 0 spiro atoms. The van der Waals surface area contributed by atoms with Crippen molar-refractivity contribution in [1.29, 1.82) is 0 Å². The summed E-state index contributed by atoms with van der Waals surface area (Å²) in [7, 11) is 1.36. The van der Waals surface area contributed by atoms with Crippen molar-refractivity contribution >= 4 is 18.0 Å². The van der Waals surface area contributed by atoms with Crippen LogP contribution in [-0.4, -0.2) is 19.0 Å². The third-order valence-electron chi connectivity index (χ3n) is 2.69. The van der Waals surface area contributed by atoms with Crippen LogP contribution in [0.4, 0.5) is 0 Å². The SMILES string of the molecule is COC(=O)CC=Cc1cccc2c1CNC2=O. The molecule has 0 aromatic heterocycles. The van der Waals surface area contributed by atoms with Gasteiger partial charge < -0.3 is 10.1 Å². The second-order valence-corrected chi connectivity index (χ2v) is 3.74. The smallest absolute Gasteiger partial charge is 0.309 e. The highest BCUT2D eigenvalue weighted by Gasteiger charge is 2.19. The number of esters is 1. The number of hydrogen-bond donors (Lipinski definition) is 1. The summed E-state index contributed by atoms with van der Waals surface area (Å²) in [6.07, 6.45) is 3.82. The molecule has 1 aliphatic heterocycles. The summed E-state index contributed by atoms with van der Waals surface area (Å²) in [4.78, 5) is 22.4. The molecule has 1 heterocycles. The van der Waals surface area contributed by atoms with E-state index in [2.05, 4.69) is 10.1 Å². The fourth-order valence-electron chi connectivity index (χ4n) is 1.80. The van der Waals surface area contributed by atoms with Gasteiger partial charge in [-0.2, -0.15) is 0 Å². The minimum atomic E-state index is -0.275. The van der Waals surface area contributed by atoms with Crippen LogP contribution in [0.2, 0.25) is 0 Å². The molecular weight excluding hydrogens is 218 g/mol. The summed E-state index contributed by atoms with van der Waals surface area (Å²) in [5, 5.41) is 2.77. The maximum atomic E-state index is 11.4. The van der Waals surface area contributed by atoms with Crippen LogP contribution in [0.5, 0.6) is 0 Å². The lowest BCUT2D eigenvalue weighted by Gasteiger charge is -2.01. The molecule has 4 nitrogen and oxygen atoms in total. The van der Waals surface area contributed by atoms with Gasteiger partial charge in [-0.3, -0.25) is 9.59 Å². The van der Waals surface area contributed by atoms with Crippen LogP contribution < -0.4 is 5.32 Å². The summed E-state index contributed by atoms with van der Waals surface area (Å²) < 4.78 is 4.54. The van der Waals surface area contributed by atoms with E-state index in [1.807, 2.05) is 18.2 Å². The Bertz CT molecular complexity index is 491. The number of ether oxygens (including phenoxy) is 1. The van der Waals surface area contributed by atoms with Crippen LogP contribution in [-0.2, 0) is 16.1 Å². The van der Waals surface area contributed by atoms with Crippen molar-refractivity contribution in [1.82, 2.24) is 5.32 Å². The normalized spacial score (nSPS) is 13.6. The van der Waals surface area contributed by atoms with Crippen LogP contribution in [0.3, 0.4) is 0 Å². The first kappa shape index (κ1) is 11.4. The van der Waals surface area contributed by atoms with Gasteiger partial charge in [-0.1, -0.05) is 24.3 Å². The maximum Gasteiger partial charge on any atom is 0.309 e. The van der Waals surface area contributed by atoms with Gasteiger partial charge in [0.05, 0.1) is 13.5 Å². The van der Waals surface area contributed by atoms with Gasteiger partial charge in [0, 0.05) is 12.1 Å². The van der Waals surface area contributed by atoms with Gasteiger partial charge in [-0.05, 0) is 17.2 Å². The van der Waals surface area contributed by atoms with E-state index >= 15 is 0 Å². The Hall–Kier alpha value is -2.10. The number of methoxy groups -OCH3 is 1. The second-order valence-electron chi connectivity index (χ2n) is 3.74. The molecule has 0 bridgehead atoms. The maximum absolute atomic E-state index is 11.4. The molecule has 0 atom stereocenters. The minimum absolute atomic E-state index is 0.0387. The van der Waals surface area contributed by atoms with Gasteiger partial charge in [-0.25, -0.2) is 0 Å². The van der Waals surface area contributed by atoms with E-state index in [-0.39, 0.29) is 18.3 Å². The Labute approximate surface area is 99.3 Å². The zero-order valence-electron chi connectivity index (χ0n) is 9.53. The number of carbonyl (C=O) groups excluding carboxylic acids is 2. The quantitative estimate of drug-likeness (QED) is 0.802.